The molecular weight excluding hydrogens is 482 g/mol. The fourth-order valence-corrected chi connectivity index (χ4v) is 6.14. The summed E-state index contributed by atoms with van der Waals surface area (Å²) in [6.07, 6.45) is 2.72. The highest BCUT2D eigenvalue weighted by Gasteiger charge is 2.44. The number of hydrogen-bond acceptors (Lipinski definition) is 5. The summed E-state index contributed by atoms with van der Waals surface area (Å²) in [4.78, 5) is 19.6. The third kappa shape index (κ3) is 6.61. The van der Waals surface area contributed by atoms with Crippen molar-refractivity contribution in [1.29, 1.82) is 0 Å². The molecule has 1 aliphatic rings. The SMILES string of the molecule is CC(C)(C)[Si](C)(C)O[C@H]1CCCN(C(=O)OCc2ccccc2)[C@@H]1CC(O)Cn1cnc2ccccc21. The summed E-state index contributed by atoms with van der Waals surface area (Å²) >= 11 is 0. The van der Waals surface area contributed by atoms with Gasteiger partial charge in [0.15, 0.2) is 8.32 Å². The highest BCUT2D eigenvalue weighted by molar-refractivity contribution is 6.74. The van der Waals surface area contributed by atoms with Crippen LogP contribution in [0.2, 0.25) is 18.1 Å². The van der Waals surface area contributed by atoms with Crippen molar-refractivity contribution < 1.29 is 19.1 Å². The lowest BCUT2D eigenvalue weighted by atomic mass is 9.94. The van der Waals surface area contributed by atoms with Gasteiger partial charge in [0.05, 0.1) is 42.2 Å². The van der Waals surface area contributed by atoms with Gasteiger partial charge in [0, 0.05) is 6.54 Å². The van der Waals surface area contributed by atoms with Crippen molar-refractivity contribution in [1.82, 2.24) is 14.5 Å². The largest absolute Gasteiger partial charge is 0.445 e. The van der Waals surface area contributed by atoms with Gasteiger partial charge in [-0.3, -0.25) is 0 Å². The molecule has 0 radical (unpaired) electrons. The first-order valence-corrected chi connectivity index (χ1v) is 16.2. The van der Waals surface area contributed by atoms with E-state index < -0.39 is 14.4 Å². The van der Waals surface area contributed by atoms with Crippen LogP contribution in [0.3, 0.4) is 0 Å². The van der Waals surface area contributed by atoms with Gasteiger partial charge in [0.25, 0.3) is 0 Å². The molecule has 0 aliphatic carbocycles. The third-order valence-electron chi connectivity index (χ3n) is 7.86. The minimum Gasteiger partial charge on any atom is -0.445 e. The predicted molar refractivity (Wildman–Crippen MR) is 149 cm³/mol. The maximum atomic E-state index is 13.3. The van der Waals surface area contributed by atoms with Gasteiger partial charge in [-0.05, 0) is 55.1 Å². The quantitative estimate of drug-likeness (QED) is 0.368. The van der Waals surface area contributed by atoms with E-state index in [2.05, 4.69) is 38.8 Å². The molecule has 1 aliphatic heterocycles. The van der Waals surface area contributed by atoms with Crippen LogP contribution < -0.4 is 0 Å². The average molecular weight is 524 g/mol. The molecule has 7 nitrogen and oxygen atoms in total. The van der Waals surface area contributed by atoms with Gasteiger partial charge >= 0.3 is 6.09 Å². The van der Waals surface area contributed by atoms with E-state index in [0.717, 1.165) is 29.4 Å². The van der Waals surface area contributed by atoms with E-state index >= 15 is 0 Å². The molecule has 1 aromatic heterocycles. The number of carbonyl (C=O) groups excluding carboxylic acids is 1. The van der Waals surface area contributed by atoms with Gasteiger partial charge in [0.1, 0.15) is 6.61 Å². The molecule has 4 rings (SSSR count). The fraction of sp³-hybridized carbons (Fsp3) is 0.517. The summed E-state index contributed by atoms with van der Waals surface area (Å²) in [5.41, 5.74) is 2.83. The van der Waals surface area contributed by atoms with Gasteiger partial charge in [0.2, 0.25) is 0 Å². The van der Waals surface area contributed by atoms with E-state index in [9.17, 15) is 9.90 Å². The van der Waals surface area contributed by atoms with Crippen LogP contribution in [0.25, 0.3) is 11.0 Å². The number of carbonyl (C=O) groups is 1. The first-order valence-electron chi connectivity index (χ1n) is 13.3. The smallest absolute Gasteiger partial charge is 0.410 e. The van der Waals surface area contributed by atoms with E-state index in [1.165, 1.54) is 0 Å². The molecule has 2 heterocycles. The van der Waals surface area contributed by atoms with Crippen molar-refractivity contribution >= 4 is 25.4 Å². The lowest BCUT2D eigenvalue weighted by Crippen LogP contribution is -2.57. The van der Waals surface area contributed by atoms with Crippen LogP contribution in [0.15, 0.2) is 60.9 Å². The molecule has 1 amide bonds. The Balaban J connectivity index is 1.52. The number of likely N-dealkylation sites (tertiary alicyclic amines) is 1. The van der Waals surface area contributed by atoms with Crippen LogP contribution in [-0.4, -0.2) is 58.8 Å². The van der Waals surface area contributed by atoms with Crippen molar-refractivity contribution in [2.24, 2.45) is 0 Å². The van der Waals surface area contributed by atoms with Crippen molar-refractivity contribution in [3.05, 3.63) is 66.5 Å². The highest BCUT2D eigenvalue weighted by Crippen LogP contribution is 2.39. The van der Waals surface area contributed by atoms with E-state index in [0.29, 0.717) is 19.5 Å². The summed E-state index contributed by atoms with van der Waals surface area (Å²) in [6, 6.07) is 17.3. The first kappa shape index (κ1) is 27.4. The van der Waals surface area contributed by atoms with Gasteiger partial charge in [-0.2, -0.15) is 0 Å². The van der Waals surface area contributed by atoms with Crippen LogP contribution in [0.1, 0.15) is 45.6 Å². The zero-order valence-corrected chi connectivity index (χ0v) is 23.8. The van der Waals surface area contributed by atoms with E-state index in [-0.39, 0.29) is 29.9 Å². The zero-order chi connectivity index (χ0) is 26.6. The molecule has 0 bridgehead atoms. The summed E-state index contributed by atoms with van der Waals surface area (Å²) in [5, 5.41) is 11.3. The Kier molecular flexibility index (Phi) is 8.41. The zero-order valence-electron chi connectivity index (χ0n) is 22.8. The molecule has 0 spiro atoms. The number of piperidine rings is 1. The molecular formula is C29H41N3O4Si. The topological polar surface area (TPSA) is 76.8 Å². The number of para-hydroxylation sites is 2. The van der Waals surface area contributed by atoms with Gasteiger partial charge in [-0.1, -0.05) is 63.2 Å². The van der Waals surface area contributed by atoms with Gasteiger partial charge in [-0.15, -0.1) is 0 Å². The number of rotatable bonds is 8. The predicted octanol–water partition coefficient (Wildman–Crippen LogP) is 5.98. The molecule has 3 aromatic rings. The molecule has 1 fully saturated rings. The van der Waals surface area contributed by atoms with Crippen LogP contribution >= 0.6 is 0 Å². The molecule has 1 saturated heterocycles. The maximum absolute atomic E-state index is 13.3. The monoisotopic (exact) mass is 523 g/mol. The summed E-state index contributed by atoms with van der Waals surface area (Å²) < 4.78 is 14.6. The molecule has 8 heteroatoms. The number of aliphatic hydroxyl groups excluding tert-OH is 1. The molecule has 0 saturated carbocycles. The van der Waals surface area contributed by atoms with Gasteiger partial charge < -0.3 is 23.7 Å². The van der Waals surface area contributed by atoms with Crippen molar-refractivity contribution in [2.75, 3.05) is 6.54 Å². The summed E-state index contributed by atoms with van der Waals surface area (Å²) in [7, 11) is -2.10. The molecule has 200 valence electrons. The highest BCUT2D eigenvalue weighted by atomic mass is 28.4. The standard InChI is InChI=1S/C29H41N3O4Si/c1-29(2,3)37(4,5)36-27-16-11-17-32(28(34)35-20-22-12-7-6-8-13-22)26(27)18-23(33)19-31-21-30-24-14-9-10-15-25(24)31/h6-10,12-15,21,23,26-27,33H,11,16-20H2,1-5H3/t23?,26-,27+/m1/s1. The number of amides is 1. The Morgan fingerprint density at radius 2 is 1.84 bits per heavy atom. The Labute approximate surface area is 221 Å². The number of ether oxygens (including phenoxy) is 1. The number of hydrogen-bond donors (Lipinski definition) is 1. The maximum Gasteiger partial charge on any atom is 0.410 e. The normalized spacial score (nSPS) is 19.7. The molecule has 37 heavy (non-hydrogen) atoms. The fourth-order valence-electron chi connectivity index (χ4n) is 4.76. The Bertz CT molecular complexity index is 1170. The van der Waals surface area contributed by atoms with Crippen molar-refractivity contribution in [2.45, 2.75) is 89.6 Å². The van der Waals surface area contributed by atoms with Crippen LogP contribution in [0.4, 0.5) is 4.79 Å². The van der Waals surface area contributed by atoms with Crippen molar-refractivity contribution in [3.63, 3.8) is 0 Å². The second kappa shape index (κ2) is 11.4. The van der Waals surface area contributed by atoms with Crippen LogP contribution in [0, 0.1) is 0 Å². The Morgan fingerprint density at radius 1 is 1.14 bits per heavy atom. The summed E-state index contributed by atoms with van der Waals surface area (Å²) in [5.74, 6) is 0. The molecule has 1 unspecified atom stereocenters. The Hall–Kier alpha value is -2.68. The number of aromatic nitrogens is 2. The third-order valence-corrected chi connectivity index (χ3v) is 12.4. The molecule has 1 N–H and O–H groups in total. The lowest BCUT2D eigenvalue weighted by Gasteiger charge is -2.46. The van der Waals surface area contributed by atoms with Gasteiger partial charge in [-0.25, -0.2) is 9.78 Å². The van der Waals surface area contributed by atoms with E-state index in [1.54, 1.807) is 11.2 Å². The minimum atomic E-state index is -2.10. The second-order valence-electron chi connectivity index (χ2n) is 11.6. The number of nitrogens with zero attached hydrogens (tertiary/aromatic N) is 3. The van der Waals surface area contributed by atoms with E-state index in [4.69, 9.17) is 9.16 Å². The second-order valence-corrected chi connectivity index (χ2v) is 16.4. The van der Waals surface area contributed by atoms with Crippen LogP contribution in [0.5, 0.6) is 0 Å². The van der Waals surface area contributed by atoms with Crippen molar-refractivity contribution in [3.8, 4) is 0 Å². The number of benzene rings is 2. The van der Waals surface area contributed by atoms with Crippen LogP contribution in [-0.2, 0) is 22.3 Å². The number of imidazole rings is 1. The molecule has 2 aromatic carbocycles. The number of fused-ring (bicyclic) bond motifs is 1. The number of aliphatic hydroxyl groups is 1. The lowest BCUT2D eigenvalue weighted by molar-refractivity contribution is -0.0128. The average Bonchev–Trinajstić information content (AvgIpc) is 3.26. The minimum absolute atomic E-state index is 0.0436. The summed E-state index contributed by atoms with van der Waals surface area (Å²) in [6.45, 7) is 12.4. The first-order chi connectivity index (χ1) is 17.5. The van der Waals surface area contributed by atoms with E-state index in [1.807, 2.05) is 59.2 Å². The Morgan fingerprint density at radius 3 is 2.57 bits per heavy atom. The molecule has 3 atom stereocenters.